The first-order valence-electron chi connectivity index (χ1n) is 7.31. The average Bonchev–Trinajstić information content (AvgIpc) is 2.35. The second-order valence-corrected chi connectivity index (χ2v) is 7.01. The molecule has 0 aromatic carbocycles. The zero-order chi connectivity index (χ0) is 16.1. The van der Waals surface area contributed by atoms with Crippen molar-refractivity contribution in [2.24, 2.45) is 15.8 Å². The van der Waals surface area contributed by atoms with Crippen LogP contribution in [0.1, 0.15) is 47.0 Å². The minimum Gasteiger partial charge on any atom is -0.335 e. The van der Waals surface area contributed by atoms with E-state index < -0.39 is 0 Å². The topological polar surface area (TPSA) is 78.8 Å². The fraction of sp³-hybridized carbons (Fsp3) is 0.800. The summed E-state index contributed by atoms with van der Waals surface area (Å²) in [5.41, 5.74) is -0.100. The molecule has 1 aliphatic rings. The summed E-state index contributed by atoms with van der Waals surface area (Å²) in [7, 11) is 0. The Morgan fingerprint density at radius 2 is 2.10 bits per heavy atom. The van der Waals surface area contributed by atoms with Gasteiger partial charge in [0.05, 0.1) is 6.54 Å². The Kier molecular flexibility index (Phi) is 5.67. The van der Waals surface area contributed by atoms with Gasteiger partial charge in [-0.2, -0.15) is 0 Å². The molecule has 0 saturated heterocycles. The van der Waals surface area contributed by atoms with Crippen LogP contribution in [0.3, 0.4) is 0 Å². The van der Waals surface area contributed by atoms with Crippen LogP contribution in [0, 0.1) is 10.8 Å². The van der Waals surface area contributed by atoms with Gasteiger partial charge in [0.2, 0.25) is 12.5 Å². The van der Waals surface area contributed by atoms with Crippen LogP contribution in [-0.4, -0.2) is 42.6 Å². The molecule has 0 heterocycles. The molecule has 6 nitrogen and oxygen atoms in total. The van der Waals surface area contributed by atoms with Gasteiger partial charge in [0, 0.05) is 12.6 Å². The van der Waals surface area contributed by atoms with Gasteiger partial charge < -0.3 is 5.32 Å². The second-order valence-electron chi connectivity index (χ2n) is 7.01. The minimum atomic E-state index is -0.364. The Balaban J connectivity index is 2.80. The van der Waals surface area contributed by atoms with E-state index in [0.717, 1.165) is 24.2 Å². The van der Waals surface area contributed by atoms with E-state index in [9.17, 15) is 14.4 Å². The van der Waals surface area contributed by atoms with Gasteiger partial charge in [0.25, 0.3) is 0 Å². The molecular weight excluding hydrogens is 270 g/mol. The number of amides is 3. The minimum absolute atomic E-state index is 0.0258. The summed E-state index contributed by atoms with van der Waals surface area (Å²) < 4.78 is 0. The Bertz CT molecular complexity index is 443. The number of carbonyl (C=O) groups is 2. The second kappa shape index (κ2) is 6.85. The lowest BCUT2D eigenvalue weighted by molar-refractivity contribution is -0.115. The molecule has 118 valence electrons. The Labute approximate surface area is 126 Å². The molecule has 1 rings (SSSR count). The molecule has 2 unspecified atom stereocenters. The van der Waals surface area contributed by atoms with E-state index in [1.54, 1.807) is 13.0 Å². The maximum Gasteiger partial charge on any atom is 0.324 e. The fourth-order valence-corrected chi connectivity index (χ4v) is 3.60. The Hall–Kier alpha value is -1.68. The molecule has 0 spiro atoms. The molecule has 2 atom stereocenters. The van der Waals surface area contributed by atoms with Gasteiger partial charge in [-0.25, -0.2) is 14.6 Å². The quantitative estimate of drug-likeness (QED) is 0.479. The normalized spacial score (nSPS) is 27.3. The van der Waals surface area contributed by atoms with Gasteiger partial charge in [-0.15, -0.1) is 0 Å². The van der Waals surface area contributed by atoms with Gasteiger partial charge >= 0.3 is 6.03 Å². The zero-order valence-electron chi connectivity index (χ0n) is 13.3. The van der Waals surface area contributed by atoms with Crippen LogP contribution >= 0.6 is 0 Å². The van der Waals surface area contributed by atoms with Crippen molar-refractivity contribution < 1.29 is 14.4 Å². The molecule has 0 bridgehead atoms. The van der Waals surface area contributed by atoms with E-state index >= 15 is 0 Å². The molecule has 0 radical (unpaired) electrons. The van der Waals surface area contributed by atoms with Crippen molar-refractivity contribution >= 4 is 18.5 Å². The highest BCUT2D eigenvalue weighted by Gasteiger charge is 2.41. The lowest BCUT2D eigenvalue weighted by Crippen LogP contribution is -2.51. The van der Waals surface area contributed by atoms with E-state index in [1.807, 2.05) is 0 Å². The smallest absolute Gasteiger partial charge is 0.324 e. The SMILES string of the molecule is CCN(C=O)C(=O)NC1CC(C)(C)CC(C)(CN=C=O)C1. The third-order valence-electron chi connectivity index (χ3n) is 4.03. The van der Waals surface area contributed by atoms with Crippen molar-refractivity contribution in [3.05, 3.63) is 0 Å². The van der Waals surface area contributed by atoms with Gasteiger partial charge in [-0.3, -0.25) is 9.69 Å². The summed E-state index contributed by atoms with van der Waals surface area (Å²) in [5, 5.41) is 2.92. The van der Waals surface area contributed by atoms with Crippen molar-refractivity contribution in [1.82, 2.24) is 10.2 Å². The van der Waals surface area contributed by atoms with Crippen molar-refractivity contribution in [2.75, 3.05) is 13.1 Å². The molecule has 6 heteroatoms. The predicted octanol–water partition coefficient (Wildman–Crippen LogP) is 2.10. The van der Waals surface area contributed by atoms with Crippen LogP contribution < -0.4 is 5.32 Å². The van der Waals surface area contributed by atoms with Crippen LogP contribution in [0.15, 0.2) is 4.99 Å². The molecule has 3 amide bonds. The van der Waals surface area contributed by atoms with E-state index in [4.69, 9.17) is 0 Å². The van der Waals surface area contributed by atoms with Gasteiger partial charge in [-0.05, 0) is 37.0 Å². The molecule has 1 aliphatic carbocycles. The molecule has 1 fully saturated rings. The number of urea groups is 1. The van der Waals surface area contributed by atoms with Crippen LogP contribution in [0.5, 0.6) is 0 Å². The zero-order valence-corrected chi connectivity index (χ0v) is 13.3. The molecule has 21 heavy (non-hydrogen) atoms. The Morgan fingerprint density at radius 1 is 1.43 bits per heavy atom. The lowest BCUT2D eigenvalue weighted by atomic mass is 9.62. The highest BCUT2D eigenvalue weighted by atomic mass is 16.2. The average molecular weight is 295 g/mol. The maximum atomic E-state index is 12.0. The third kappa shape index (κ3) is 4.97. The summed E-state index contributed by atoms with van der Waals surface area (Å²) >= 11 is 0. The highest BCUT2D eigenvalue weighted by molar-refractivity contribution is 5.84. The van der Waals surface area contributed by atoms with Crippen molar-refractivity contribution in [3.63, 3.8) is 0 Å². The number of imide groups is 1. The largest absolute Gasteiger partial charge is 0.335 e. The van der Waals surface area contributed by atoms with Crippen molar-refractivity contribution in [2.45, 2.75) is 53.0 Å². The number of nitrogens with one attached hydrogen (secondary N) is 1. The summed E-state index contributed by atoms with van der Waals surface area (Å²) in [5.74, 6) is 0. The summed E-state index contributed by atoms with van der Waals surface area (Å²) in [4.78, 5) is 38.0. The van der Waals surface area contributed by atoms with Crippen LogP contribution in [-0.2, 0) is 9.59 Å². The van der Waals surface area contributed by atoms with Crippen LogP contribution in [0.2, 0.25) is 0 Å². The van der Waals surface area contributed by atoms with Gasteiger partial charge in [-0.1, -0.05) is 20.8 Å². The third-order valence-corrected chi connectivity index (χ3v) is 4.03. The van der Waals surface area contributed by atoms with Crippen LogP contribution in [0.4, 0.5) is 4.79 Å². The van der Waals surface area contributed by atoms with E-state index in [1.165, 1.54) is 0 Å². The number of isocyanates is 1. The fourth-order valence-electron chi connectivity index (χ4n) is 3.60. The molecular formula is C15H25N3O3. The molecule has 0 aliphatic heterocycles. The van der Waals surface area contributed by atoms with Gasteiger partial charge in [0.15, 0.2) is 0 Å². The first kappa shape index (κ1) is 17.4. The molecule has 1 saturated carbocycles. The molecule has 1 N–H and O–H groups in total. The van der Waals surface area contributed by atoms with E-state index in [2.05, 4.69) is 31.1 Å². The van der Waals surface area contributed by atoms with Crippen molar-refractivity contribution in [3.8, 4) is 0 Å². The monoisotopic (exact) mass is 295 g/mol. The number of hydrogen-bond acceptors (Lipinski definition) is 4. The summed E-state index contributed by atoms with van der Waals surface area (Å²) in [6.07, 6.45) is 4.65. The predicted molar refractivity (Wildman–Crippen MR) is 79.5 cm³/mol. The number of aliphatic imine (C=N–C) groups is 1. The molecule has 0 aromatic heterocycles. The Morgan fingerprint density at radius 3 is 2.62 bits per heavy atom. The lowest BCUT2D eigenvalue weighted by Gasteiger charge is -2.46. The number of nitrogens with zero attached hydrogens (tertiary/aromatic N) is 2. The first-order chi connectivity index (χ1) is 9.75. The van der Waals surface area contributed by atoms with E-state index in [-0.39, 0.29) is 22.9 Å². The van der Waals surface area contributed by atoms with Gasteiger partial charge in [0.1, 0.15) is 0 Å². The number of carbonyl (C=O) groups excluding carboxylic acids is 3. The maximum absolute atomic E-state index is 12.0. The molecule has 0 aromatic rings. The standard InChI is InChI=1S/C15H25N3O3/c1-5-18(11-20)13(21)17-12-6-14(2,3)8-15(4,7-12)9-16-10-19/h11-12H,5-9H2,1-4H3,(H,17,21). The number of rotatable bonds is 5. The van der Waals surface area contributed by atoms with E-state index in [0.29, 0.717) is 19.5 Å². The van der Waals surface area contributed by atoms with Crippen LogP contribution in [0.25, 0.3) is 0 Å². The number of hydrogen-bond donors (Lipinski definition) is 1. The van der Waals surface area contributed by atoms with Crippen molar-refractivity contribution in [1.29, 1.82) is 0 Å². The summed E-state index contributed by atoms with van der Waals surface area (Å²) in [6.45, 7) is 8.87. The highest BCUT2D eigenvalue weighted by Crippen LogP contribution is 2.46. The summed E-state index contributed by atoms with van der Waals surface area (Å²) in [6, 6.07) is -0.390. The first-order valence-corrected chi connectivity index (χ1v) is 7.31.